The van der Waals surface area contributed by atoms with Crippen LogP contribution in [0.15, 0.2) is 40.9 Å². The predicted octanol–water partition coefficient (Wildman–Crippen LogP) is 4.10. The molecule has 0 aromatic heterocycles. The maximum atomic E-state index is 12.9. The maximum absolute atomic E-state index is 12.9. The smallest absolute Gasteiger partial charge is 0.322 e. The molecule has 0 spiro atoms. The van der Waals surface area contributed by atoms with Gasteiger partial charge in [-0.25, -0.2) is 9.59 Å². The topological polar surface area (TPSA) is 93.8 Å². The number of rotatable bonds is 4. The summed E-state index contributed by atoms with van der Waals surface area (Å²) in [5.74, 6) is 0.00930. The second-order valence-electron chi connectivity index (χ2n) is 9.31. The molecule has 3 aliphatic heterocycles. The summed E-state index contributed by atoms with van der Waals surface area (Å²) < 4.78 is 0.928. The van der Waals surface area contributed by atoms with Crippen LogP contribution in [0.25, 0.3) is 0 Å². The normalized spacial score (nSPS) is 18.6. The molecule has 0 aliphatic carbocycles. The van der Waals surface area contributed by atoms with Gasteiger partial charge >= 0.3 is 12.1 Å². The molecular weight excluding hydrogens is 498 g/mol. The van der Waals surface area contributed by atoms with Crippen LogP contribution in [0.3, 0.4) is 0 Å². The van der Waals surface area contributed by atoms with Gasteiger partial charge in [0.1, 0.15) is 0 Å². The highest BCUT2D eigenvalue weighted by Gasteiger charge is 2.32. The average Bonchev–Trinajstić information content (AvgIpc) is 3.17. The summed E-state index contributed by atoms with van der Waals surface area (Å²) in [5.41, 5.74) is 4.92. The second kappa shape index (κ2) is 9.29. The van der Waals surface area contributed by atoms with Crippen LogP contribution < -0.4 is 16.0 Å². The van der Waals surface area contributed by atoms with E-state index in [1.807, 2.05) is 53.1 Å². The molecule has 9 heteroatoms. The fourth-order valence-corrected chi connectivity index (χ4v) is 5.54. The number of fused-ring (bicyclic) bond motifs is 2. The zero-order valence-electron chi connectivity index (χ0n) is 19.1. The lowest BCUT2D eigenvalue weighted by atomic mass is 10.0. The summed E-state index contributed by atoms with van der Waals surface area (Å²) in [6.07, 6.45) is 2.58. The summed E-state index contributed by atoms with van der Waals surface area (Å²) in [4.78, 5) is 40.9. The van der Waals surface area contributed by atoms with Crippen LogP contribution in [0, 0.1) is 0 Å². The maximum Gasteiger partial charge on any atom is 0.322 e. The fourth-order valence-electron chi connectivity index (χ4n) is 5.04. The van der Waals surface area contributed by atoms with Crippen LogP contribution in [0.4, 0.5) is 21.0 Å². The standard InChI is InChI=1S/C25H28BrN5O3/c1-15(10-17-11-18-12-23(32)28-22(18)13-20(17)26)27-24(33)30-8-6-19(7-9-30)31-14-16-4-2-3-5-21(16)29-25(31)34/h2-5,11,13,15,19H,6-10,12,14H2,1H3,(H,27,33)(H,28,32)(H,29,34)/t15-/m0/s1. The molecule has 3 heterocycles. The number of amides is 5. The van der Waals surface area contributed by atoms with E-state index in [1.54, 1.807) is 0 Å². The summed E-state index contributed by atoms with van der Waals surface area (Å²) in [6, 6.07) is 11.8. The Morgan fingerprint density at radius 1 is 1.12 bits per heavy atom. The highest BCUT2D eigenvalue weighted by molar-refractivity contribution is 9.10. The highest BCUT2D eigenvalue weighted by atomic mass is 79.9. The lowest BCUT2D eigenvalue weighted by molar-refractivity contribution is -0.115. The van der Waals surface area contributed by atoms with Crippen molar-refractivity contribution in [3.8, 4) is 0 Å². The molecule has 178 valence electrons. The van der Waals surface area contributed by atoms with Crippen LogP contribution in [0.1, 0.15) is 36.5 Å². The number of nitrogens with zero attached hydrogens (tertiary/aromatic N) is 2. The molecule has 5 rings (SSSR count). The van der Waals surface area contributed by atoms with Crippen molar-refractivity contribution in [3.05, 3.63) is 57.6 Å². The number of nitrogens with one attached hydrogen (secondary N) is 3. The van der Waals surface area contributed by atoms with Crippen LogP contribution in [-0.2, 0) is 24.2 Å². The van der Waals surface area contributed by atoms with Crippen molar-refractivity contribution in [2.75, 3.05) is 23.7 Å². The van der Waals surface area contributed by atoms with Gasteiger partial charge in [-0.1, -0.05) is 40.2 Å². The van der Waals surface area contributed by atoms with Crippen molar-refractivity contribution < 1.29 is 14.4 Å². The lowest BCUT2D eigenvalue weighted by Gasteiger charge is -2.40. The van der Waals surface area contributed by atoms with Crippen molar-refractivity contribution >= 4 is 45.3 Å². The van der Waals surface area contributed by atoms with Gasteiger partial charge < -0.3 is 25.8 Å². The number of anilines is 2. The summed E-state index contributed by atoms with van der Waals surface area (Å²) in [5, 5.41) is 8.94. The second-order valence-corrected chi connectivity index (χ2v) is 10.2. The van der Waals surface area contributed by atoms with E-state index < -0.39 is 0 Å². The van der Waals surface area contributed by atoms with Gasteiger partial charge in [0.25, 0.3) is 0 Å². The first kappa shape index (κ1) is 22.7. The fraction of sp³-hybridized carbons (Fsp3) is 0.400. The number of carbonyl (C=O) groups is 3. The minimum atomic E-state index is -0.0754. The van der Waals surface area contributed by atoms with Gasteiger partial charge in [-0.15, -0.1) is 0 Å². The molecule has 1 atom stereocenters. The van der Waals surface area contributed by atoms with Gasteiger partial charge in [-0.05, 0) is 55.0 Å². The molecule has 2 aromatic carbocycles. The molecule has 3 aliphatic rings. The molecule has 34 heavy (non-hydrogen) atoms. The Balaban J connectivity index is 1.14. The van der Waals surface area contributed by atoms with Crippen molar-refractivity contribution in [1.29, 1.82) is 0 Å². The third-order valence-corrected chi connectivity index (χ3v) is 7.58. The molecule has 1 saturated heterocycles. The van der Waals surface area contributed by atoms with Gasteiger partial charge in [-0.2, -0.15) is 0 Å². The molecule has 1 fully saturated rings. The quantitative estimate of drug-likeness (QED) is 0.560. The zero-order chi connectivity index (χ0) is 23.8. The first-order chi connectivity index (χ1) is 16.4. The SMILES string of the molecule is C[C@@H](Cc1cc2c(cc1Br)NC(=O)C2)NC(=O)N1CCC(N2Cc3ccccc3NC2=O)CC1. The Morgan fingerprint density at radius 2 is 1.88 bits per heavy atom. The Labute approximate surface area is 207 Å². The third-order valence-electron chi connectivity index (χ3n) is 6.85. The summed E-state index contributed by atoms with van der Waals surface area (Å²) in [6.45, 7) is 3.83. The Kier molecular flexibility index (Phi) is 6.20. The van der Waals surface area contributed by atoms with Crippen LogP contribution >= 0.6 is 15.9 Å². The van der Waals surface area contributed by atoms with E-state index in [1.165, 1.54) is 0 Å². The Bertz CT molecular complexity index is 1150. The number of halogens is 1. The van der Waals surface area contributed by atoms with E-state index in [4.69, 9.17) is 0 Å². The molecule has 8 nitrogen and oxygen atoms in total. The number of urea groups is 2. The molecule has 5 amide bonds. The number of likely N-dealkylation sites (tertiary alicyclic amines) is 1. The van der Waals surface area contributed by atoms with Crippen LogP contribution in [0.2, 0.25) is 0 Å². The van der Waals surface area contributed by atoms with Crippen molar-refractivity contribution in [1.82, 2.24) is 15.1 Å². The summed E-state index contributed by atoms with van der Waals surface area (Å²) >= 11 is 3.59. The Hall–Kier alpha value is -3.07. The number of benzene rings is 2. The first-order valence-corrected chi connectivity index (χ1v) is 12.5. The van der Waals surface area contributed by atoms with E-state index in [2.05, 4.69) is 31.9 Å². The molecule has 3 N–H and O–H groups in total. The molecule has 0 saturated carbocycles. The van der Waals surface area contributed by atoms with E-state index in [9.17, 15) is 14.4 Å². The molecule has 0 unspecified atom stereocenters. The number of hydrogen-bond donors (Lipinski definition) is 3. The van der Waals surface area contributed by atoms with Gasteiger partial charge in [0, 0.05) is 47.6 Å². The van der Waals surface area contributed by atoms with Crippen molar-refractivity contribution in [2.24, 2.45) is 0 Å². The minimum Gasteiger partial charge on any atom is -0.335 e. The van der Waals surface area contributed by atoms with E-state index >= 15 is 0 Å². The lowest BCUT2D eigenvalue weighted by Crippen LogP contribution is -2.53. The largest absolute Gasteiger partial charge is 0.335 e. The number of para-hydroxylation sites is 1. The van der Waals surface area contributed by atoms with E-state index in [-0.39, 0.29) is 30.1 Å². The minimum absolute atomic E-state index is 0.00930. The molecule has 0 bridgehead atoms. The highest BCUT2D eigenvalue weighted by Crippen LogP contribution is 2.31. The van der Waals surface area contributed by atoms with Crippen LogP contribution in [0.5, 0.6) is 0 Å². The van der Waals surface area contributed by atoms with Crippen LogP contribution in [-0.4, -0.2) is 52.9 Å². The number of piperidine rings is 1. The molecular formula is C25H28BrN5O3. The first-order valence-electron chi connectivity index (χ1n) is 11.7. The molecule has 2 aromatic rings. The van der Waals surface area contributed by atoms with E-state index in [0.717, 1.165) is 45.4 Å². The molecule has 0 radical (unpaired) electrons. The van der Waals surface area contributed by atoms with E-state index in [0.29, 0.717) is 32.5 Å². The number of hydrogen-bond acceptors (Lipinski definition) is 3. The van der Waals surface area contributed by atoms with Gasteiger partial charge in [0.15, 0.2) is 0 Å². The average molecular weight is 526 g/mol. The van der Waals surface area contributed by atoms with Crippen molar-refractivity contribution in [2.45, 2.75) is 51.2 Å². The third kappa shape index (κ3) is 4.61. The monoisotopic (exact) mass is 525 g/mol. The van der Waals surface area contributed by atoms with Crippen molar-refractivity contribution in [3.63, 3.8) is 0 Å². The van der Waals surface area contributed by atoms with Gasteiger partial charge in [-0.3, -0.25) is 4.79 Å². The van der Waals surface area contributed by atoms with Gasteiger partial charge in [0.2, 0.25) is 5.91 Å². The summed E-state index contributed by atoms with van der Waals surface area (Å²) in [7, 11) is 0. The number of carbonyl (C=O) groups excluding carboxylic acids is 3. The predicted molar refractivity (Wildman–Crippen MR) is 134 cm³/mol. The zero-order valence-corrected chi connectivity index (χ0v) is 20.7. The Morgan fingerprint density at radius 3 is 2.68 bits per heavy atom. The van der Waals surface area contributed by atoms with Gasteiger partial charge in [0.05, 0.1) is 6.42 Å².